The van der Waals surface area contributed by atoms with Crippen LogP contribution in [-0.4, -0.2) is 46.4 Å². The fraction of sp³-hybridized carbons (Fsp3) is 0.360. The highest BCUT2D eigenvalue weighted by Crippen LogP contribution is 2.32. The number of aromatic nitrogens is 2. The number of hydrogen-bond acceptors (Lipinski definition) is 7. The number of ether oxygens (including phenoxy) is 1. The standard InChI is InChI=1S/C25H26FN5O4S/c1-35-21-6-5-14-3-2-4-17(22(14)31-21)29-24(33)25(34)9-7-15(8-10-25)27-12-18-16(26)11-19-23(28-18)30-20(32)13-36-19/h2-6,11,15,27,34H,7-10,12-13H2,1H3,(H,29,33)(H,28,30,32)/p+1. The zero-order valence-corrected chi connectivity index (χ0v) is 20.5. The molecule has 0 saturated heterocycles. The van der Waals surface area contributed by atoms with Crippen molar-refractivity contribution in [3.8, 4) is 5.88 Å². The van der Waals surface area contributed by atoms with Crippen LogP contribution in [0.25, 0.3) is 10.9 Å². The number of pyridine rings is 2. The van der Waals surface area contributed by atoms with Crippen molar-refractivity contribution in [2.24, 2.45) is 0 Å². The zero-order valence-electron chi connectivity index (χ0n) is 19.7. The lowest BCUT2D eigenvalue weighted by atomic mass is 9.81. The van der Waals surface area contributed by atoms with Gasteiger partial charge in [-0.25, -0.2) is 24.5 Å². The number of rotatable bonds is 6. The molecule has 1 saturated carbocycles. The van der Waals surface area contributed by atoms with Crippen LogP contribution in [0.2, 0.25) is 0 Å². The molecule has 188 valence electrons. The lowest BCUT2D eigenvalue weighted by Crippen LogP contribution is -2.49. The molecule has 1 aromatic carbocycles. The quantitative estimate of drug-likeness (QED) is 0.400. The molecule has 1 fully saturated rings. The molecule has 0 spiro atoms. The van der Waals surface area contributed by atoms with Crippen LogP contribution < -0.4 is 25.7 Å². The number of halogens is 1. The molecule has 2 amide bonds. The lowest BCUT2D eigenvalue weighted by Gasteiger charge is -2.35. The van der Waals surface area contributed by atoms with Gasteiger partial charge in [-0.3, -0.25) is 4.79 Å². The van der Waals surface area contributed by atoms with E-state index in [1.165, 1.54) is 24.9 Å². The van der Waals surface area contributed by atoms with Crippen molar-refractivity contribution in [1.29, 1.82) is 0 Å². The molecule has 0 radical (unpaired) electrons. The summed E-state index contributed by atoms with van der Waals surface area (Å²) in [6.45, 7) is 0.235. The van der Waals surface area contributed by atoms with Crippen molar-refractivity contribution in [2.75, 3.05) is 23.5 Å². The first-order valence-electron chi connectivity index (χ1n) is 11.7. The van der Waals surface area contributed by atoms with Crippen LogP contribution in [0.3, 0.4) is 0 Å². The third kappa shape index (κ3) is 4.99. The summed E-state index contributed by atoms with van der Waals surface area (Å²) in [5.74, 6) is 0.226. The maximum Gasteiger partial charge on any atom is 0.317 e. The first kappa shape index (κ1) is 24.4. The largest absolute Gasteiger partial charge is 0.481 e. The molecule has 0 unspecified atom stereocenters. The average Bonchev–Trinajstić information content (AvgIpc) is 2.88. The summed E-state index contributed by atoms with van der Waals surface area (Å²) in [7, 11) is 1.53. The predicted octanol–water partition coefficient (Wildman–Crippen LogP) is 2.64. The van der Waals surface area contributed by atoms with Gasteiger partial charge in [0.15, 0.2) is 11.5 Å². The number of carbonyl (C=O) groups excluding carboxylic acids is 2. The molecular weight excluding hydrogens is 485 g/mol. The Morgan fingerprint density at radius 3 is 2.92 bits per heavy atom. The number of nitrogens with zero attached hydrogens (tertiary/aromatic N) is 1. The normalized spacial score (nSPS) is 21.5. The molecule has 9 nitrogen and oxygen atoms in total. The fourth-order valence-corrected chi connectivity index (χ4v) is 5.35. The van der Waals surface area contributed by atoms with E-state index in [0.717, 1.165) is 5.39 Å². The summed E-state index contributed by atoms with van der Waals surface area (Å²) >= 11 is 1.29. The highest BCUT2D eigenvalue weighted by molar-refractivity contribution is 8.00. The van der Waals surface area contributed by atoms with Gasteiger partial charge in [-0.05, 0) is 43.9 Å². The number of anilines is 2. The summed E-state index contributed by atoms with van der Waals surface area (Å²) in [4.78, 5) is 32.7. The Hall–Kier alpha value is -3.28. The van der Waals surface area contributed by atoms with Gasteiger partial charge in [0, 0.05) is 17.5 Å². The fourth-order valence-electron chi connectivity index (χ4n) is 4.56. The number of para-hydroxylation sites is 1. The van der Waals surface area contributed by atoms with E-state index in [4.69, 9.17) is 4.74 Å². The second-order valence-corrected chi connectivity index (χ2v) is 10.1. The van der Waals surface area contributed by atoms with E-state index in [9.17, 15) is 19.1 Å². The lowest BCUT2D eigenvalue weighted by molar-refractivity contribution is -0.379. The summed E-state index contributed by atoms with van der Waals surface area (Å²) in [5.41, 5.74) is -0.0750. The van der Waals surface area contributed by atoms with Gasteiger partial charge < -0.3 is 20.5 Å². The van der Waals surface area contributed by atoms with Gasteiger partial charge >= 0.3 is 5.91 Å². The number of H-pyrrole nitrogens is 1. The third-order valence-electron chi connectivity index (χ3n) is 6.65. The number of thioether (sulfide) groups is 1. The smallest absolute Gasteiger partial charge is 0.317 e. The number of carbonyl (C=O) groups is 2. The Bertz CT molecular complexity index is 1330. The Morgan fingerprint density at radius 2 is 2.14 bits per heavy atom. The van der Waals surface area contributed by atoms with E-state index in [2.05, 4.69) is 25.9 Å². The van der Waals surface area contributed by atoms with Gasteiger partial charge in [-0.2, -0.15) is 0 Å². The van der Waals surface area contributed by atoms with Crippen molar-refractivity contribution < 1.29 is 28.8 Å². The molecule has 2 aromatic heterocycles. The molecule has 5 rings (SSSR count). The highest BCUT2D eigenvalue weighted by Gasteiger charge is 2.40. The van der Waals surface area contributed by atoms with Crippen molar-refractivity contribution in [3.05, 3.63) is 47.9 Å². The van der Waals surface area contributed by atoms with Gasteiger partial charge in [0.05, 0.1) is 24.9 Å². The summed E-state index contributed by atoms with van der Waals surface area (Å²) in [6, 6.07) is 10.5. The van der Waals surface area contributed by atoms with Gasteiger partial charge in [0.1, 0.15) is 16.2 Å². The third-order valence-corrected chi connectivity index (χ3v) is 7.69. The summed E-state index contributed by atoms with van der Waals surface area (Å²) in [6.07, 6.45) is 1.62. The molecule has 3 heterocycles. The number of aliphatic hydroxyl groups is 1. The number of fused-ring (bicyclic) bond motifs is 2. The number of nitrogens with one attached hydrogen (secondary N) is 4. The number of benzene rings is 1. The molecule has 2 aliphatic rings. The van der Waals surface area contributed by atoms with Gasteiger partial charge in [-0.1, -0.05) is 12.1 Å². The minimum Gasteiger partial charge on any atom is -0.481 e. The second-order valence-electron chi connectivity index (χ2n) is 9.04. The number of methoxy groups -OCH3 is 1. The van der Waals surface area contributed by atoms with Crippen LogP contribution >= 0.6 is 11.8 Å². The number of hydrogen-bond donors (Lipinski definition) is 4. The molecule has 36 heavy (non-hydrogen) atoms. The first-order chi connectivity index (χ1) is 17.3. The molecular formula is C25H27FN5O4S+. The van der Waals surface area contributed by atoms with Crippen molar-refractivity contribution in [3.63, 3.8) is 0 Å². The molecule has 1 aliphatic carbocycles. The van der Waals surface area contributed by atoms with E-state index in [1.807, 2.05) is 18.2 Å². The van der Waals surface area contributed by atoms with Crippen LogP contribution in [0.1, 0.15) is 31.4 Å². The number of amides is 2. The molecule has 0 atom stereocenters. The first-order valence-corrected chi connectivity index (χ1v) is 12.7. The molecule has 5 N–H and O–H groups in total. The second kappa shape index (κ2) is 10.00. The average molecular weight is 513 g/mol. The van der Waals surface area contributed by atoms with Crippen LogP contribution in [0.5, 0.6) is 5.88 Å². The van der Waals surface area contributed by atoms with Gasteiger partial charge in [0.25, 0.3) is 11.7 Å². The Kier molecular flexibility index (Phi) is 6.78. The summed E-state index contributed by atoms with van der Waals surface area (Å²) < 4.78 is 19.7. The minimum atomic E-state index is -1.51. The van der Waals surface area contributed by atoms with Crippen molar-refractivity contribution in [2.45, 2.75) is 48.8 Å². The SMILES string of the molecule is COc1ccc2cccc(NC(=O)C3(O)CCC(NCc4[nH+]c5c(cc4F)SCC(=O)N5)CC3)c2n1. The molecule has 0 bridgehead atoms. The van der Waals surface area contributed by atoms with E-state index < -0.39 is 11.5 Å². The number of aromatic amines is 1. The molecule has 11 heteroatoms. The predicted molar refractivity (Wildman–Crippen MR) is 133 cm³/mol. The van der Waals surface area contributed by atoms with Crippen molar-refractivity contribution >= 4 is 46.0 Å². The van der Waals surface area contributed by atoms with Gasteiger partial charge in [0.2, 0.25) is 5.88 Å². The van der Waals surface area contributed by atoms with Crippen LogP contribution in [0.15, 0.2) is 41.3 Å². The van der Waals surface area contributed by atoms with E-state index in [0.29, 0.717) is 46.3 Å². The van der Waals surface area contributed by atoms with Crippen LogP contribution in [0.4, 0.5) is 15.9 Å². The summed E-state index contributed by atoms with van der Waals surface area (Å²) in [5, 5.41) is 20.8. The topological polar surface area (TPSA) is 127 Å². The van der Waals surface area contributed by atoms with E-state index in [-0.39, 0.29) is 42.9 Å². The Balaban J connectivity index is 1.20. The Morgan fingerprint density at radius 1 is 1.33 bits per heavy atom. The zero-order chi connectivity index (χ0) is 25.3. The van der Waals surface area contributed by atoms with Gasteiger partial charge in [-0.15, -0.1) is 11.8 Å². The maximum absolute atomic E-state index is 14.5. The van der Waals surface area contributed by atoms with E-state index >= 15 is 0 Å². The molecule has 1 aliphatic heterocycles. The Labute approximate surface area is 211 Å². The maximum atomic E-state index is 14.5. The highest BCUT2D eigenvalue weighted by atomic mass is 32.2. The minimum absolute atomic E-state index is 0.00866. The molecule has 3 aromatic rings. The monoisotopic (exact) mass is 512 g/mol. The van der Waals surface area contributed by atoms with E-state index in [1.54, 1.807) is 12.1 Å². The van der Waals surface area contributed by atoms with Crippen LogP contribution in [0, 0.1) is 5.82 Å². The van der Waals surface area contributed by atoms with Crippen LogP contribution in [-0.2, 0) is 16.1 Å². The van der Waals surface area contributed by atoms with Crippen molar-refractivity contribution in [1.82, 2.24) is 10.3 Å².